The van der Waals surface area contributed by atoms with E-state index in [-0.39, 0.29) is 11.8 Å². The van der Waals surface area contributed by atoms with Crippen molar-refractivity contribution in [2.45, 2.75) is 31.7 Å². The highest BCUT2D eigenvalue weighted by Gasteiger charge is 2.32. The number of fused-ring (bicyclic) bond motifs is 2. The average molecular weight is 477 g/mol. The van der Waals surface area contributed by atoms with Crippen LogP contribution in [0, 0.1) is 5.92 Å². The normalized spacial score (nSPS) is 13.3. The molecule has 1 atom stereocenters. The molecule has 1 aromatic heterocycles. The number of carbonyl (C=O) groups is 1. The Morgan fingerprint density at radius 2 is 1.44 bits per heavy atom. The van der Waals surface area contributed by atoms with E-state index < -0.39 is 5.54 Å². The molecule has 0 aliphatic heterocycles. The van der Waals surface area contributed by atoms with Crippen LogP contribution >= 0.6 is 0 Å². The first kappa shape index (κ1) is 23.8. The van der Waals surface area contributed by atoms with Gasteiger partial charge in [-0.2, -0.15) is 0 Å². The van der Waals surface area contributed by atoms with E-state index in [2.05, 4.69) is 100 Å². The minimum absolute atomic E-state index is 0.252. The Bertz CT molecular complexity index is 1390. The Morgan fingerprint density at radius 3 is 1.97 bits per heavy atom. The smallest absolute Gasteiger partial charge is 0.237 e. The summed E-state index contributed by atoms with van der Waals surface area (Å²) in [5.74, 6) is -0.117. The summed E-state index contributed by atoms with van der Waals surface area (Å²) in [4.78, 5) is 19.7. The summed E-state index contributed by atoms with van der Waals surface area (Å²) in [6.45, 7) is 2.53. The van der Waals surface area contributed by atoms with Gasteiger partial charge in [0.25, 0.3) is 0 Å². The second kappa shape index (κ2) is 10.3. The number of hydrogen-bond donors (Lipinski definition) is 3. The van der Waals surface area contributed by atoms with Gasteiger partial charge < -0.3 is 16.0 Å². The number of nitrogens with one attached hydrogen (secondary N) is 2. The minimum Gasteiger partial charge on any atom is -0.368 e. The molecule has 0 bridgehead atoms. The van der Waals surface area contributed by atoms with Crippen LogP contribution in [0.3, 0.4) is 0 Å². The van der Waals surface area contributed by atoms with Crippen molar-refractivity contribution in [2.75, 3.05) is 6.54 Å². The van der Waals surface area contributed by atoms with Crippen LogP contribution in [0.15, 0.2) is 97.5 Å². The number of aromatic nitrogens is 2. The number of primary amides is 1. The monoisotopic (exact) mass is 476 g/mol. The van der Waals surface area contributed by atoms with E-state index in [1.807, 2.05) is 6.92 Å². The maximum absolute atomic E-state index is 12.6. The molecule has 0 aliphatic carbocycles. The molecule has 5 aromatic rings. The summed E-state index contributed by atoms with van der Waals surface area (Å²) < 4.78 is 0. The SMILES string of the molecule is C[C@@](Cc1cnc[nH]1)(NCC(Cc1cccc2ccccc12)Cc1cccc2ccccc12)C(N)=O. The van der Waals surface area contributed by atoms with Gasteiger partial charge in [-0.15, -0.1) is 0 Å². The average Bonchev–Trinajstić information content (AvgIpc) is 3.40. The largest absolute Gasteiger partial charge is 0.368 e. The quantitative estimate of drug-likeness (QED) is 0.259. The zero-order valence-electron chi connectivity index (χ0n) is 20.6. The molecule has 5 nitrogen and oxygen atoms in total. The summed E-state index contributed by atoms with van der Waals surface area (Å²) in [6.07, 6.45) is 5.59. The van der Waals surface area contributed by atoms with Gasteiger partial charge in [-0.3, -0.25) is 4.79 Å². The summed E-state index contributed by atoms with van der Waals surface area (Å²) in [5, 5.41) is 8.59. The zero-order valence-corrected chi connectivity index (χ0v) is 20.6. The fourth-order valence-electron chi connectivity index (χ4n) is 5.15. The topological polar surface area (TPSA) is 83.8 Å². The Labute approximate surface area is 211 Å². The molecule has 1 amide bonds. The van der Waals surface area contributed by atoms with Crippen molar-refractivity contribution in [2.24, 2.45) is 11.7 Å². The van der Waals surface area contributed by atoms with E-state index in [0.717, 1.165) is 18.5 Å². The molecule has 0 saturated heterocycles. The van der Waals surface area contributed by atoms with Crippen LogP contribution in [0.1, 0.15) is 23.7 Å². The summed E-state index contributed by atoms with van der Waals surface area (Å²) in [5.41, 5.74) is 8.51. The lowest BCUT2D eigenvalue weighted by Crippen LogP contribution is -2.56. The van der Waals surface area contributed by atoms with Gasteiger partial charge in [0, 0.05) is 18.3 Å². The van der Waals surface area contributed by atoms with Crippen LogP contribution in [0.4, 0.5) is 0 Å². The van der Waals surface area contributed by atoms with E-state index in [1.54, 1.807) is 12.5 Å². The summed E-state index contributed by atoms with van der Waals surface area (Å²) in [7, 11) is 0. The molecule has 0 radical (unpaired) electrons. The Balaban J connectivity index is 1.45. The first-order valence-electron chi connectivity index (χ1n) is 12.5. The molecule has 0 saturated carbocycles. The van der Waals surface area contributed by atoms with Crippen LogP contribution in [-0.2, 0) is 24.1 Å². The van der Waals surface area contributed by atoms with Gasteiger partial charge in [0.15, 0.2) is 0 Å². The fraction of sp³-hybridized carbons (Fsp3) is 0.226. The molecule has 0 spiro atoms. The van der Waals surface area contributed by atoms with Gasteiger partial charge in [0.05, 0.1) is 6.33 Å². The highest BCUT2D eigenvalue weighted by molar-refractivity contribution is 5.87. The molecule has 5 rings (SSSR count). The zero-order chi connectivity index (χ0) is 25.0. The lowest BCUT2D eigenvalue weighted by Gasteiger charge is -2.30. The van der Waals surface area contributed by atoms with E-state index in [4.69, 9.17) is 5.73 Å². The highest BCUT2D eigenvalue weighted by Crippen LogP contribution is 2.26. The van der Waals surface area contributed by atoms with Gasteiger partial charge in [0.2, 0.25) is 5.91 Å². The first-order chi connectivity index (χ1) is 17.5. The second-order valence-electron chi connectivity index (χ2n) is 9.88. The van der Waals surface area contributed by atoms with Gasteiger partial charge in [-0.25, -0.2) is 4.98 Å². The van der Waals surface area contributed by atoms with Crippen molar-refractivity contribution in [3.8, 4) is 0 Å². The molecule has 0 fully saturated rings. The number of benzene rings is 4. The Morgan fingerprint density at radius 1 is 0.889 bits per heavy atom. The fourth-order valence-corrected chi connectivity index (χ4v) is 5.15. The minimum atomic E-state index is -0.887. The third-order valence-electron chi connectivity index (χ3n) is 7.20. The number of rotatable bonds is 10. The van der Waals surface area contributed by atoms with Crippen LogP contribution in [0.2, 0.25) is 0 Å². The number of amides is 1. The van der Waals surface area contributed by atoms with Gasteiger partial charge >= 0.3 is 0 Å². The number of imidazole rings is 1. The van der Waals surface area contributed by atoms with Crippen molar-refractivity contribution in [1.29, 1.82) is 0 Å². The summed E-state index contributed by atoms with van der Waals surface area (Å²) >= 11 is 0. The van der Waals surface area contributed by atoms with Crippen molar-refractivity contribution < 1.29 is 4.79 Å². The molecule has 1 heterocycles. The van der Waals surface area contributed by atoms with Gasteiger partial charge in [-0.05, 0) is 64.9 Å². The highest BCUT2D eigenvalue weighted by atomic mass is 16.1. The molecule has 182 valence electrons. The maximum Gasteiger partial charge on any atom is 0.237 e. The van der Waals surface area contributed by atoms with E-state index in [9.17, 15) is 4.79 Å². The van der Waals surface area contributed by atoms with Crippen molar-refractivity contribution in [1.82, 2.24) is 15.3 Å². The third kappa shape index (κ3) is 5.16. The Kier molecular flexibility index (Phi) is 6.83. The van der Waals surface area contributed by atoms with Crippen LogP contribution < -0.4 is 11.1 Å². The molecule has 4 N–H and O–H groups in total. The van der Waals surface area contributed by atoms with Crippen molar-refractivity contribution >= 4 is 27.5 Å². The number of nitrogens with zero attached hydrogens (tertiary/aromatic N) is 1. The van der Waals surface area contributed by atoms with Crippen LogP contribution in [0.25, 0.3) is 21.5 Å². The lowest BCUT2D eigenvalue weighted by molar-refractivity contribution is -0.123. The second-order valence-corrected chi connectivity index (χ2v) is 9.88. The number of carbonyl (C=O) groups excluding carboxylic acids is 1. The number of aromatic amines is 1. The summed E-state index contributed by atoms with van der Waals surface area (Å²) in [6, 6.07) is 30.1. The van der Waals surface area contributed by atoms with Gasteiger partial charge in [0.1, 0.15) is 5.54 Å². The molecule has 0 unspecified atom stereocenters. The van der Waals surface area contributed by atoms with E-state index >= 15 is 0 Å². The van der Waals surface area contributed by atoms with E-state index in [0.29, 0.717) is 13.0 Å². The molecule has 4 aromatic carbocycles. The first-order valence-corrected chi connectivity index (χ1v) is 12.5. The molecule has 5 heteroatoms. The van der Waals surface area contributed by atoms with Crippen LogP contribution in [0.5, 0.6) is 0 Å². The molecule has 0 aliphatic rings. The van der Waals surface area contributed by atoms with Crippen molar-refractivity contribution in [3.63, 3.8) is 0 Å². The Hall–Kier alpha value is -3.96. The van der Waals surface area contributed by atoms with Gasteiger partial charge in [-0.1, -0.05) is 84.9 Å². The van der Waals surface area contributed by atoms with Crippen LogP contribution in [-0.4, -0.2) is 28.0 Å². The predicted molar refractivity (Wildman–Crippen MR) is 147 cm³/mol. The molecule has 36 heavy (non-hydrogen) atoms. The van der Waals surface area contributed by atoms with Crippen molar-refractivity contribution in [3.05, 3.63) is 114 Å². The number of hydrogen-bond acceptors (Lipinski definition) is 3. The third-order valence-corrected chi connectivity index (χ3v) is 7.20. The molecular formula is C31H32N4O. The standard InChI is InChI=1S/C31H32N4O/c1-31(30(32)36,18-27-20-33-21-34-27)35-19-22(16-25-12-6-10-23-8-2-4-14-28(23)25)17-26-13-7-11-24-9-3-5-15-29(24)26/h2-15,20-22,35H,16-19H2,1H3,(H2,32,36)(H,33,34)/t31-/m0/s1. The maximum atomic E-state index is 12.6. The number of H-pyrrole nitrogens is 1. The predicted octanol–water partition coefficient (Wildman–Crippen LogP) is 5.19. The number of nitrogens with two attached hydrogens (primary N) is 1. The van der Waals surface area contributed by atoms with E-state index in [1.165, 1.54) is 32.7 Å². The lowest BCUT2D eigenvalue weighted by atomic mass is 9.87. The molecular weight excluding hydrogens is 444 g/mol.